The minimum absolute atomic E-state index is 0.0492. The standard InChI is InChI=1S/C15H16N2O6S/c1-4-5-16-14(18)13(24-15(16)19)7-9-6-10(17(20)21)12(23-3)8-11(9)22-2/h6-8H,4-5H2,1-3H3/b13-7+. The van der Waals surface area contributed by atoms with E-state index >= 15 is 0 Å². The van der Waals surface area contributed by atoms with Gasteiger partial charge in [0, 0.05) is 24.2 Å². The zero-order chi connectivity index (χ0) is 17.9. The number of hydrogen-bond donors (Lipinski definition) is 0. The smallest absolute Gasteiger partial charge is 0.311 e. The summed E-state index contributed by atoms with van der Waals surface area (Å²) in [5.74, 6) is -0.0554. The second kappa shape index (κ2) is 7.35. The normalized spacial score (nSPS) is 16.0. The highest BCUT2D eigenvalue weighted by molar-refractivity contribution is 8.18. The van der Waals surface area contributed by atoms with E-state index in [9.17, 15) is 19.7 Å². The molecule has 1 aromatic rings. The molecule has 1 saturated heterocycles. The number of imide groups is 1. The Kier molecular flexibility index (Phi) is 5.45. The first-order chi connectivity index (χ1) is 11.4. The van der Waals surface area contributed by atoms with Gasteiger partial charge in [-0.3, -0.25) is 24.6 Å². The van der Waals surface area contributed by atoms with Crippen LogP contribution in [0.4, 0.5) is 10.5 Å². The van der Waals surface area contributed by atoms with Crippen molar-refractivity contribution >= 4 is 34.7 Å². The molecule has 9 heteroatoms. The van der Waals surface area contributed by atoms with E-state index < -0.39 is 10.8 Å². The maximum absolute atomic E-state index is 12.3. The van der Waals surface area contributed by atoms with E-state index in [0.717, 1.165) is 16.7 Å². The summed E-state index contributed by atoms with van der Waals surface area (Å²) in [6.45, 7) is 2.20. The molecule has 0 spiro atoms. The Morgan fingerprint density at radius 1 is 1.25 bits per heavy atom. The van der Waals surface area contributed by atoms with Crippen molar-refractivity contribution in [2.45, 2.75) is 13.3 Å². The second-order valence-corrected chi connectivity index (χ2v) is 5.85. The van der Waals surface area contributed by atoms with E-state index in [2.05, 4.69) is 0 Å². The molecule has 1 aliphatic heterocycles. The zero-order valence-corrected chi connectivity index (χ0v) is 14.2. The summed E-state index contributed by atoms with van der Waals surface area (Å²) in [6, 6.07) is 2.63. The van der Waals surface area contributed by atoms with E-state index in [4.69, 9.17) is 9.47 Å². The number of amides is 2. The molecule has 0 unspecified atom stereocenters. The fourth-order valence-corrected chi connectivity index (χ4v) is 3.08. The van der Waals surface area contributed by atoms with Crippen molar-refractivity contribution in [1.29, 1.82) is 0 Å². The third kappa shape index (κ3) is 3.35. The van der Waals surface area contributed by atoms with Crippen molar-refractivity contribution in [3.8, 4) is 11.5 Å². The molecule has 0 N–H and O–H groups in total. The summed E-state index contributed by atoms with van der Waals surface area (Å²) in [7, 11) is 2.72. The Morgan fingerprint density at radius 2 is 1.92 bits per heavy atom. The maximum atomic E-state index is 12.3. The van der Waals surface area contributed by atoms with Gasteiger partial charge in [-0.05, 0) is 24.3 Å². The quantitative estimate of drug-likeness (QED) is 0.441. The molecule has 2 rings (SSSR count). The minimum Gasteiger partial charge on any atom is -0.496 e. The van der Waals surface area contributed by atoms with Gasteiger partial charge in [-0.25, -0.2) is 0 Å². The van der Waals surface area contributed by atoms with Gasteiger partial charge in [-0.15, -0.1) is 0 Å². The molecular weight excluding hydrogens is 336 g/mol. The summed E-state index contributed by atoms with van der Waals surface area (Å²) in [6.07, 6.45) is 2.08. The van der Waals surface area contributed by atoms with Gasteiger partial charge in [0.1, 0.15) is 5.75 Å². The molecule has 1 fully saturated rings. The first kappa shape index (κ1) is 17.8. The highest BCUT2D eigenvalue weighted by Gasteiger charge is 2.34. The summed E-state index contributed by atoms with van der Waals surface area (Å²) < 4.78 is 10.2. The molecule has 0 atom stereocenters. The molecule has 2 amide bonds. The molecule has 1 aliphatic rings. The molecular formula is C15H16N2O6S. The van der Waals surface area contributed by atoms with Crippen LogP contribution in [0.1, 0.15) is 18.9 Å². The first-order valence-electron chi connectivity index (χ1n) is 7.08. The number of carbonyl (C=O) groups excluding carboxylic acids is 2. The number of thioether (sulfide) groups is 1. The van der Waals surface area contributed by atoms with Gasteiger partial charge in [-0.1, -0.05) is 6.92 Å². The lowest BCUT2D eigenvalue weighted by atomic mass is 10.1. The lowest BCUT2D eigenvalue weighted by Gasteiger charge is -2.10. The molecule has 1 aromatic carbocycles. The van der Waals surface area contributed by atoms with Crippen molar-refractivity contribution in [3.05, 3.63) is 32.7 Å². The predicted molar refractivity (Wildman–Crippen MR) is 89.2 cm³/mol. The monoisotopic (exact) mass is 352 g/mol. The van der Waals surface area contributed by atoms with E-state index in [1.54, 1.807) is 0 Å². The van der Waals surface area contributed by atoms with Crippen molar-refractivity contribution in [1.82, 2.24) is 4.90 Å². The molecule has 24 heavy (non-hydrogen) atoms. The van der Waals surface area contributed by atoms with E-state index in [0.29, 0.717) is 24.3 Å². The molecule has 8 nitrogen and oxygen atoms in total. The molecule has 0 saturated carbocycles. The van der Waals surface area contributed by atoms with Crippen LogP contribution in [0, 0.1) is 10.1 Å². The largest absolute Gasteiger partial charge is 0.496 e. The van der Waals surface area contributed by atoms with Gasteiger partial charge in [-0.2, -0.15) is 0 Å². The zero-order valence-electron chi connectivity index (χ0n) is 13.4. The Labute approximate surface area is 142 Å². The van der Waals surface area contributed by atoms with Gasteiger partial charge in [0.05, 0.1) is 24.0 Å². The number of nitro benzene ring substituents is 1. The van der Waals surface area contributed by atoms with Crippen molar-refractivity contribution in [3.63, 3.8) is 0 Å². The number of methoxy groups -OCH3 is 2. The first-order valence-corrected chi connectivity index (χ1v) is 7.90. The molecule has 0 bridgehead atoms. The van der Waals surface area contributed by atoms with Crippen LogP contribution >= 0.6 is 11.8 Å². The number of ether oxygens (including phenoxy) is 2. The molecule has 0 aliphatic carbocycles. The van der Waals surface area contributed by atoms with E-state index in [1.165, 1.54) is 32.4 Å². The van der Waals surface area contributed by atoms with Gasteiger partial charge >= 0.3 is 5.69 Å². The highest BCUT2D eigenvalue weighted by atomic mass is 32.2. The van der Waals surface area contributed by atoms with Crippen molar-refractivity contribution in [2.24, 2.45) is 0 Å². The molecule has 1 heterocycles. The Morgan fingerprint density at radius 3 is 2.46 bits per heavy atom. The lowest BCUT2D eigenvalue weighted by molar-refractivity contribution is -0.385. The minimum atomic E-state index is -0.585. The third-order valence-electron chi connectivity index (χ3n) is 3.34. The summed E-state index contributed by atoms with van der Waals surface area (Å²) in [4.78, 5) is 36.1. The van der Waals surface area contributed by atoms with Crippen LogP contribution < -0.4 is 9.47 Å². The van der Waals surface area contributed by atoms with E-state index in [-0.39, 0.29) is 21.6 Å². The second-order valence-electron chi connectivity index (χ2n) is 4.86. The summed E-state index contributed by atoms with van der Waals surface area (Å²) >= 11 is 0.802. The Hall–Kier alpha value is -2.55. The fourth-order valence-electron chi connectivity index (χ4n) is 2.22. The topological polar surface area (TPSA) is 99.0 Å². The van der Waals surface area contributed by atoms with Crippen LogP contribution in [0.15, 0.2) is 17.0 Å². The number of nitro groups is 1. The Bertz CT molecular complexity index is 731. The molecule has 128 valence electrons. The van der Waals surface area contributed by atoms with Gasteiger partial charge in [0.15, 0.2) is 0 Å². The Balaban J connectivity index is 2.49. The number of nitrogens with zero attached hydrogens (tertiary/aromatic N) is 2. The number of hydrogen-bond acceptors (Lipinski definition) is 7. The van der Waals surface area contributed by atoms with Gasteiger partial charge in [0.25, 0.3) is 11.1 Å². The molecule has 0 radical (unpaired) electrons. The average molecular weight is 352 g/mol. The van der Waals surface area contributed by atoms with Crippen molar-refractivity contribution < 1.29 is 24.0 Å². The fraction of sp³-hybridized carbons (Fsp3) is 0.333. The number of rotatable bonds is 6. The SMILES string of the molecule is CCCN1C(=O)S/C(=C/c2cc([N+](=O)[O-])c(OC)cc2OC)C1=O. The van der Waals surface area contributed by atoms with E-state index in [1.807, 2.05) is 6.92 Å². The number of benzene rings is 1. The number of carbonyl (C=O) groups is 2. The van der Waals surface area contributed by atoms with Crippen LogP contribution in [0.2, 0.25) is 0 Å². The van der Waals surface area contributed by atoms with Gasteiger partial charge < -0.3 is 9.47 Å². The lowest BCUT2D eigenvalue weighted by Crippen LogP contribution is -2.28. The predicted octanol–water partition coefficient (Wildman–Crippen LogP) is 3.06. The maximum Gasteiger partial charge on any atom is 0.311 e. The highest BCUT2D eigenvalue weighted by Crippen LogP contribution is 2.38. The summed E-state index contributed by atoms with van der Waals surface area (Å²) in [5, 5.41) is 10.8. The average Bonchev–Trinajstić information content (AvgIpc) is 2.82. The molecule has 0 aromatic heterocycles. The van der Waals surface area contributed by atoms with Crippen molar-refractivity contribution in [2.75, 3.05) is 20.8 Å². The van der Waals surface area contributed by atoms with Crippen LogP contribution in [-0.4, -0.2) is 41.7 Å². The van der Waals surface area contributed by atoms with Crippen LogP contribution in [0.25, 0.3) is 6.08 Å². The van der Waals surface area contributed by atoms with Crippen LogP contribution in [0.5, 0.6) is 11.5 Å². The summed E-state index contributed by atoms with van der Waals surface area (Å²) in [5.41, 5.74) is 0.0735. The van der Waals surface area contributed by atoms with Gasteiger partial charge in [0.2, 0.25) is 5.75 Å². The van der Waals surface area contributed by atoms with Crippen LogP contribution in [-0.2, 0) is 4.79 Å². The third-order valence-corrected chi connectivity index (χ3v) is 4.24. The van der Waals surface area contributed by atoms with Crippen LogP contribution in [0.3, 0.4) is 0 Å².